The van der Waals surface area contributed by atoms with E-state index in [0.717, 1.165) is 4.90 Å². The van der Waals surface area contributed by atoms with Gasteiger partial charge in [-0.25, -0.2) is 0 Å². The molecule has 0 bridgehead atoms. The highest BCUT2D eigenvalue weighted by Crippen LogP contribution is 2.33. The lowest BCUT2D eigenvalue weighted by Crippen LogP contribution is -1.90. The van der Waals surface area contributed by atoms with Gasteiger partial charge >= 0.3 is 0 Å². The molecule has 84 valence electrons. The van der Waals surface area contributed by atoms with E-state index in [2.05, 4.69) is 10.1 Å². The van der Waals surface area contributed by atoms with Crippen LogP contribution in [0, 0.1) is 6.92 Å². The third kappa shape index (κ3) is 2.48. The molecule has 0 aliphatic carbocycles. The molecule has 1 aromatic heterocycles. The van der Waals surface area contributed by atoms with Crippen molar-refractivity contribution in [3.63, 3.8) is 0 Å². The Morgan fingerprint density at radius 2 is 2.31 bits per heavy atom. The topological polar surface area (TPSA) is 64.9 Å². The van der Waals surface area contributed by atoms with Gasteiger partial charge in [-0.3, -0.25) is 0 Å². The van der Waals surface area contributed by atoms with E-state index >= 15 is 0 Å². The molecule has 16 heavy (non-hydrogen) atoms. The molecular weight excluding hydrogens is 246 g/mol. The Balaban J connectivity index is 2.10. The van der Waals surface area contributed by atoms with Crippen molar-refractivity contribution in [3.05, 3.63) is 34.9 Å². The smallest absolute Gasteiger partial charge is 0.223 e. The van der Waals surface area contributed by atoms with Gasteiger partial charge in [0, 0.05) is 17.5 Å². The zero-order chi connectivity index (χ0) is 11.5. The van der Waals surface area contributed by atoms with Crippen molar-refractivity contribution in [3.8, 4) is 0 Å². The molecular formula is C10H10ClN3OS. The monoisotopic (exact) mass is 255 g/mol. The van der Waals surface area contributed by atoms with E-state index < -0.39 is 0 Å². The molecule has 0 amide bonds. The number of aryl methyl sites for hydroxylation is 1. The minimum atomic E-state index is 0.558. The number of rotatable bonds is 3. The average molecular weight is 256 g/mol. The summed E-state index contributed by atoms with van der Waals surface area (Å²) < 4.78 is 4.87. The van der Waals surface area contributed by atoms with Crippen molar-refractivity contribution in [2.24, 2.45) is 0 Å². The Morgan fingerprint density at radius 1 is 1.50 bits per heavy atom. The molecule has 0 radical (unpaired) electrons. The molecule has 0 saturated heterocycles. The largest absolute Gasteiger partial charge is 0.398 e. The van der Waals surface area contributed by atoms with Gasteiger partial charge in [0.05, 0.1) is 10.8 Å². The average Bonchev–Trinajstić information content (AvgIpc) is 2.63. The maximum atomic E-state index is 6.04. The first-order valence-electron chi connectivity index (χ1n) is 4.63. The maximum Gasteiger partial charge on any atom is 0.223 e. The molecule has 0 spiro atoms. The van der Waals surface area contributed by atoms with E-state index in [1.807, 2.05) is 18.2 Å². The Kier molecular flexibility index (Phi) is 3.36. The van der Waals surface area contributed by atoms with E-state index in [-0.39, 0.29) is 0 Å². The van der Waals surface area contributed by atoms with Crippen LogP contribution < -0.4 is 5.73 Å². The molecule has 0 saturated carbocycles. The van der Waals surface area contributed by atoms with Crippen LogP contribution in [0.3, 0.4) is 0 Å². The standard InChI is InChI=1S/C10H10ClN3OS/c1-6-13-9(14-15-6)5-16-10-7(11)3-2-4-8(10)12/h2-4H,5,12H2,1H3. The Bertz CT molecular complexity index is 480. The summed E-state index contributed by atoms with van der Waals surface area (Å²) in [5.74, 6) is 1.79. The van der Waals surface area contributed by atoms with Crippen LogP contribution >= 0.6 is 23.4 Å². The van der Waals surface area contributed by atoms with Gasteiger partial charge < -0.3 is 10.3 Å². The number of nitrogens with two attached hydrogens (primary N) is 1. The quantitative estimate of drug-likeness (QED) is 0.675. The number of anilines is 1. The van der Waals surface area contributed by atoms with Gasteiger partial charge in [-0.2, -0.15) is 4.98 Å². The van der Waals surface area contributed by atoms with Crippen LogP contribution in [-0.2, 0) is 5.75 Å². The summed E-state index contributed by atoms with van der Waals surface area (Å²) in [6.07, 6.45) is 0. The second kappa shape index (κ2) is 4.76. The number of halogens is 1. The molecule has 2 rings (SSSR count). The van der Waals surface area contributed by atoms with Gasteiger partial charge in [0.2, 0.25) is 5.89 Å². The van der Waals surface area contributed by atoms with Crippen LogP contribution in [0.1, 0.15) is 11.7 Å². The van der Waals surface area contributed by atoms with Crippen molar-refractivity contribution >= 4 is 29.1 Å². The predicted octanol–water partition coefficient (Wildman–Crippen LogP) is 2.91. The molecule has 0 atom stereocenters. The number of aromatic nitrogens is 2. The number of nitrogens with zero attached hydrogens (tertiary/aromatic N) is 2. The first-order chi connectivity index (χ1) is 7.66. The molecule has 6 heteroatoms. The molecule has 4 nitrogen and oxygen atoms in total. The maximum absolute atomic E-state index is 6.04. The molecule has 0 aliphatic heterocycles. The number of hydrogen-bond acceptors (Lipinski definition) is 5. The third-order valence-electron chi connectivity index (χ3n) is 1.91. The first kappa shape index (κ1) is 11.3. The second-order valence-corrected chi connectivity index (χ2v) is 4.57. The van der Waals surface area contributed by atoms with Crippen LogP contribution in [0.2, 0.25) is 5.02 Å². The Hall–Kier alpha value is -1.20. The highest BCUT2D eigenvalue weighted by Gasteiger charge is 2.08. The summed E-state index contributed by atoms with van der Waals surface area (Å²) in [4.78, 5) is 4.96. The summed E-state index contributed by atoms with van der Waals surface area (Å²) in [5, 5.41) is 4.44. The van der Waals surface area contributed by atoms with Crippen LogP contribution in [0.25, 0.3) is 0 Å². The van der Waals surface area contributed by atoms with Crippen molar-refractivity contribution in [2.45, 2.75) is 17.6 Å². The fraction of sp³-hybridized carbons (Fsp3) is 0.200. The minimum absolute atomic E-state index is 0.558. The van der Waals surface area contributed by atoms with Crippen molar-refractivity contribution < 1.29 is 4.52 Å². The summed E-state index contributed by atoms with van der Waals surface area (Å²) in [6, 6.07) is 5.44. The molecule has 0 aliphatic rings. The van der Waals surface area contributed by atoms with E-state index in [0.29, 0.717) is 28.2 Å². The van der Waals surface area contributed by atoms with Gasteiger partial charge in [-0.1, -0.05) is 22.8 Å². The molecule has 0 fully saturated rings. The van der Waals surface area contributed by atoms with Crippen molar-refractivity contribution in [2.75, 3.05) is 5.73 Å². The molecule has 1 heterocycles. The number of benzene rings is 1. The summed E-state index contributed by atoms with van der Waals surface area (Å²) in [7, 11) is 0. The fourth-order valence-electron chi connectivity index (χ4n) is 1.21. The van der Waals surface area contributed by atoms with Gasteiger partial charge in [0.1, 0.15) is 0 Å². The van der Waals surface area contributed by atoms with Crippen LogP contribution in [-0.4, -0.2) is 10.1 Å². The van der Waals surface area contributed by atoms with E-state index in [9.17, 15) is 0 Å². The van der Waals surface area contributed by atoms with E-state index in [1.54, 1.807) is 6.92 Å². The predicted molar refractivity (Wildman–Crippen MR) is 64.5 cm³/mol. The fourth-order valence-corrected chi connectivity index (χ4v) is 2.39. The Labute approximate surface area is 102 Å². The lowest BCUT2D eigenvalue weighted by Gasteiger charge is -2.05. The van der Waals surface area contributed by atoms with E-state index in [4.69, 9.17) is 21.9 Å². The van der Waals surface area contributed by atoms with Crippen molar-refractivity contribution in [1.29, 1.82) is 0 Å². The zero-order valence-corrected chi connectivity index (χ0v) is 10.2. The molecule has 2 aromatic rings. The Morgan fingerprint density at radius 3 is 2.94 bits per heavy atom. The normalized spacial score (nSPS) is 10.6. The van der Waals surface area contributed by atoms with E-state index in [1.165, 1.54) is 11.8 Å². The third-order valence-corrected chi connectivity index (χ3v) is 3.49. The minimum Gasteiger partial charge on any atom is -0.398 e. The summed E-state index contributed by atoms with van der Waals surface area (Å²) in [6.45, 7) is 1.75. The molecule has 1 aromatic carbocycles. The van der Waals surface area contributed by atoms with Crippen molar-refractivity contribution in [1.82, 2.24) is 10.1 Å². The molecule has 2 N–H and O–H groups in total. The molecule has 0 unspecified atom stereocenters. The number of thioether (sulfide) groups is 1. The highest BCUT2D eigenvalue weighted by molar-refractivity contribution is 7.98. The number of hydrogen-bond donors (Lipinski definition) is 1. The lowest BCUT2D eigenvalue weighted by atomic mass is 10.3. The summed E-state index contributed by atoms with van der Waals surface area (Å²) >= 11 is 7.53. The van der Waals surface area contributed by atoms with Crippen LogP contribution in [0.15, 0.2) is 27.6 Å². The SMILES string of the molecule is Cc1nc(CSc2c(N)cccc2Cl)no1. The summed E-state index contributed by atoms with van der Waals surface area (Å²) in [5.41, 5.74) is 6.49. The van der Waals surface area contributed by atoms with Crippen LogP contribution in [0.5, 0.6) is 0 Å². The van der Waals surface area contributed by atoms with Gasteiger partial charge in [0.15, 0.2) is 5.82 Å². The zero-order valence-electron chi connectivity index (χ0n) is 8.61. The van der Waals surface area contributed by atoms with Crippen LogP contribution in [0.4, 0.5) is 5.69 Å². The second-order valence-electron chi connectivity index (χ2n) is 3.18. The van der Waals surface area contributed by atoms with Gasteiger partial charge in [0.25, 0.3) is 0 Å². The van der Waals surface area contributed by atoms with Gasteiger partial charge in [-0.15, -0.1) is 11.8 Å². The highest BCUT2D eigenvalue weighted by atomic mass is 35.5. The number of nitrogen functional groups attached to an aromatic ring is 1. The first-order valence-corrected chi connectivity index (χ1v) is 5.99. The van der Waals surface area contributed by atoms with Gasteiger partial charge in [-0.05, 0) is 12.1 Å². The lowest BCUT2D eigenvalue weighted by molar-refractivity contribution is 0.389.